The van der Waals surface area contributed by atoms with E-state index in [2.05, 4.69) is 4.98 Å². The van der Waals surface area contributed by atoms with Crippen molar-refractivity contribution in [2.24, 2.45) is 11.8 Å². The largest absolute Gasteiger partial charge is 0.385 e. The van der Waals surface area contributed by atoms with Crippen LogP contribution in [0.2, 0.25) is 0 Å². The predicted octanol–water partition coefficient (Wildman–Crippen LogP) is 3.01. The van der Waals surface area contributed by atoms with E-state index < -0.39 is 5.60 Å². The summed E-state index contributed by atoms with van der Waals surface area (Å²) in [5.41, 5.74) is -0.191. The molecule has 2 fully saturated rings. The SMILES string of the molecule is OC1(c2cncc(F)c2)CCCC(C2CC2)C1. The van der Waals surface area contributed by atoms with Crippen LogP contribution in [0.1, 0.15) is 44.1 Å². The van der Waals surface area contributed by atoms with Gasteiger partial charge in [0, 0.05) is 11.8 Å². The summed E-state index contributed by atoms with van der Waals surface area (Å²) in [5.74, 6) is 1.07. The van der Waals surface area contributed by atoms with Gasteiger partial charge >= 0.3 is 0 Å². The van der Waals surface area contributed by atoms with Crippen molar-refractivity contribution in [2.75, 3.05) is 0 Å². The number of aliphatic hydroxyl groups is 1. The van der Waals surface area contributed by atoms with Crippen LogP contribution < -0.4 is 0 Å². The zero-order valence-electron chi connectivity index (χ0n) is 9.90. The van der Waals surface area contributed by atoms with E-state index in [1.807, 2.05) is 0 Å². The second-order valence-electron chi connectivity index (χ2n) is 5.62. The van der Waals surface area contributed by atoms with E-state index in [4.69, 9.17) is 0 Å². The Morgan fingerprint density at radius 3 is 2.76 bits per heavy atom. The van der Waals surface area contributed by atoms with Gasteiger partial charge in [-0.05, 0) is 56.4 Å². The molecule has 0 aliphatic heterocycles. The Balaban J connectivity index is 1.83. The maximum atomic E-state index is 13.2. The Bertz CT molecular complexity index is 418. The molecule has 0 radical (unpaired) electrons. The van der Waals surface area contributed by atoms with Crippen molar-refractivity contribution in [1.82, 2.24) is 4.98 Å². The summed E-state index contributed by atoms with van der Waals surface area (Å²) in [4.78, 5) is 3.86. The minimum absolute atomic E-state index is 0.357. The van der Waals surface area contributed by atoms with Crippen molar-refractivity contribution >= 4 is 0 Å². The molecule has 0 spiro atoms. The van der Waals surface area contributed by atoms with Gasteiger partial charge in [0.2, 0.25) is 0 Å². The monoisotopic (exact) mass is 235 g/mol. The van der Waals surface area contributed by atoms with E-state index in [1.165, 1.54) is 31.5 Å². The molecular formula is C14H18FNO. The van der Waals surface area contributed by atoms with Crippen LogP contribution in [0.25, 0.3) is 0 Å². The molecule has 2 saturated carbocycles. The maximum Gasteiger partial charge on any atom is 0.141 e. The number of pyridine rings is 1. The van der Waals surface area contributed by atoms with Crippen LogP contribution in [0.5, 0.6) is 0 Å². The fourth-order valence-electron chi connectivity index (χ4n) is 3.19. The molecule has 0 aromatic carbocycles. The highest BCUT2D eigenvalue weighted by molar-refractivity contribution is 5.20. The molecule has 1 N–H and O–H groups in total. The predicted molar refractivity (Wildman–Crippen MR) is 62.8 cm³/mol. The highest BCUT2D eigenvalue weighted by Gasteiger charge is 2.42. The molecule has 1 aromatic heterocycles. The van der Waals surface area contributed by atoms with Gasteiger partial charge in [0.05, 0.1) is 11.8 Å². The first kappa shape index (κ1) is 11.1. The molecule has 1 aromatic rings. The highest BCUT2D eigenvalue weighted by atomic mass is 19.1. The van der Waals surface area contributed by atoms with Gasteiger partial charge in [0.1, 0.15) is 5.82 Å². The van der Waals surface area contributed by atoms with Crippen LogP contribution in [-0.2, 0) is 5.60 Å². The normalized spacial score (nSPS) is 33.6. The molecule has 3 rings (SSSR count). The maximum absolute atomic E-state index is 13.2. The molecule has 2 aliphatic rings. The average molecular weight is 235 g/mol. The molecular weight excluding hydrogens is 217 g/mol. The number of nitrogens with zero attached hydrogens (tertiary/aromatic N) is 1. The quantitative estimate of drug-likeness (QED) is 0.854. The van der Waals surface area contributed by atoms with Crippen molar-refractivity contribution in [2.45, 2.75) is 44.1 Å². The third kappa shape index (κ3) is 2.21. The van der Waals surface area contributed by atoms with Crippen LogP contribution in [-0.4, -0.2) is 10.1 Å². The summed E-state index contributed by atoms with van der Waals surface area (Å²) >= 11 is 0. The van der Waals surface area contributed by atoms with Gasteiger partial charge in [0.25, 0.3) is 0 Å². The molecule has 2 nitrogen and oxygen atoms in total. The number of aromatic nitrogens is 1. The number of halogens is 1. The molecule has 2 atom stereocenters. The first-order chi connectivity index (χ1) is 8.17. The summed E-state index contributed by atoms with van der Waals surface area (Å²) < 4.78 is 13.2. The molecule has 0 saturated heterocycles. The second-order valence-corrected chi connectivity index (χ2v) is 5.62. The third-order valence-electron chi connectivity index (χ3n) is 4.30. The summed E-state index contributed by atoms with van der Waals surface area (Å²) in [7, 11) is 0. The van der Waals surface area contributed by atoms with Gasteiger partial charge < -0.3 is 5.11 Å². The van der Waals surface area contributed by atoms with Crippen LogP contribution >= 0.6 is 0 Å². The van der Waals surface area contributed by atoms with Crippen molar-refractivity contribution in [3.05, 3.63) is 29.8 Å². The fraction of sp³-hybridized carbons (Fsp3) is 0.643. The zero-order chi connectivity index (χ0) is 11.9. The molecule has 17 heavy (non-hydrogen) atoms. The van der Waals surface area contributed by atoms with Gasteiger partial charge in [-0.15, -0.1) is 0 Å². The van der Waals surface area contributed by atoms with Crippen molar-refractivity contribution < 1.29 is 9.50 Å². The van der Waals surface area contributed by atoms with Crippen molar-refractivity contribution in [3.63, 3.8) is 0 Å². The Kier molecular flexibility index (Phi) is 2.66. The molecule has 1 heterocycles. The summed E-state index contributed by atoms with van der Waals surface area (Å²) in [6.07, 6.45) is 9.19. The Hall–Kier alpha value is -0.960. The number of hydrogen-bond donors (Lipinski definition) is 1. The van der Waals surface area contributed by atoms with Crippen LogP contribution in [0, 0.1) is 17.7 Å². The van der Waals surface area contributed by atoms with E-state index in [-0.39, 0.29) is 5.82 Å². The van der Waals surface area contributed by atoms with Crippen LogP contribution in [0.15, 0.2) is 18.5 Å². The van der Waals surface area contributed by atoms with E-state index in [0.717, 1.165) is 25.2 Å². The lowest BCUT2D eigenvalue weighted by Gasteiger charge is -2.37. The van der Waals surface area contributed by atoms with Crippen LogP contribution in [0.4, 0.5) is 4.39 Å². The van der Waals surface area contributed by atoms with E-state index >= 15 is 0 Å². The standard InChI is InChI=1S/C14H18FNO/c15-13-6-12(8-16-9-13)14(17)5-1-2-11(7-14)10-3-4-10/h6,8-11,17H,1-5,7H2. The van der Waals surface area contributed by atoms with Crippen LogP contribution in [0.3, 0.4) is 0 Å². The van der Waals surface area contributed by atoms with E-state index in [1.54, 1.807) is 6.20 Å². The molecule has 0 bridgehead atoms. The third-order valence-corrected chi connectivity index (χ3v) is 4.30. The van der Waals surface area contributed by atoms with Gasteiger partial charge in [-0.3, -0.25) is 4.98 Å². The number of rotatable bonds is 2. The Labute approximate surface area is 101 Å². The lowest BCUT2D eigenvalue weighted by atomic mass is 9.73. The minimum Gasteiger partial charge on any atom is -0.385 e. The number of hydrogen-bond acceptors (Lipinski definition) is 2. The summed E-state index contributed by atoms with van der Waals surface area (Å²) in [6, 6.07) is 1.43. The second kappa shape index (κ2) is 4.05. The summed E-state index contributed by atoms with van der Waals surface area (Å²) in [6.45, 7) is 0. The van der Waals surface area contributed by atoms with Gasteiger partial charge in [0.15, 0.2) is 0 Å². The first-order valence-corrected chi connectivity index (χ1v) is 6.51. The van der Waals surface area contributed by atoms with Gasteiger partial charge in [-0.1, -0.05) is 0 Å². The molecule has 0 amide bonds. The Morgan fingerprint density at radius 1 is 1.24 bits per heavy atom. The smallest absolute Gasteiger partial charge is 0.141 e. The lowest BCUT2D eigenvalue weighted by Crippen LogP contribution is -2.33. The average Bonchev–Trinajstić information content (AvgIpc) is 3.13. The molecule has 2 unspecified atom stereocenters. The van der Waals surface area contributed by atoms with E-state index in [0.29, 0.717) is 11.5 Å². The van der Waals surface area contributed by atoms with Crippen molar-refractivity contribution in [3.8, 4) is 0 Å². The fourth-order valence-corrected chi connectivity index (χ4v) is 3.19. The first-order valence-electron chi connectivity index (χ1n) is 6.51. The lowest BCUT2D eigenvalue weighted by molar-refractivity contribution is -0.0256. The molecule has 2 aliphatic carbocycles. The van der Waals surface area contributed by atoms with Gasteiger partial charge in [-0.25, -0.2) is 4.39 Å². The topological polar surface area (TPSA) is 33.1 Å². The Morgan fingerprint density at radius 2 is 2.06 bits per heavy atom. The van der Waals surface area contributed by atoms with Gasteiger partial charge in [-0.2, -0.15) is 0 Å². The zero-order valence-corrected chi connectivity index (χ0v) is 9.90. The van der Waals surface area contributed by atoms with Crippen molar-refractivity contribution in [1.29, 1.82) is 0 Å². The summed E-state index contributed by atoms with van der Waals surface area (Å²) in [5, 5.41) is 10.7. The molecule has 3 heteroatoms. The van der Waals surface area contributed by atoms with E-state index in [9.17, 15) is 9.50 Å². The highest BCUT2D eigenvalue weighted by Crippen LogP contribution is 2.49. The molecule has 92 valence electrons. The minimum atomic E-state index is -0.847.